The van der Waals surface area contributed by atoms with Gasteiger partial charge in [0.15, 0.2) is 12.4 Å². The van der Waals surface area contributed by atoms with Crippen LogP contribution in [0.15, 0.2) is 28.8 Å². The zero-order valence-electron chi connectivity index (χ0n) is 13.3. The highest BCUT2D eigenvalue weighted by Crippen LogP contribution is 2.15. The first-order valence-electron chi connectivity index (χ1n) is 6.88. The molecule has 0 fully saturated rings. The molecule has 1 aromatic carbocycles. The molecule has 0 aliphatic carbocycles. The minimum absolute atomic E-state index is 0.204. The zero-order valence-corrected chi connectivity index (χ0v) is 14.1. The molecule has 0 saturated heterocycles. The first-order valence-corrected chi connectivity index (χ1v) is 8.77. The lowest BCUT2D eigenvalue weighted by Gasteiger charge is -2.06. The molecule has 2 rings (SSSR count). The van der Waals surface area contributed by atoms with E-state index in [4.69, 9.17) is 9.26 Å². The molecule has 128 valence electrons. The van der Waals surface area contributed by atoms with Crippen molar-refractivity contribution in [3.05, 3.63) is 46.8 Å². The summed E-state index contributed by atoms with van der Waals surface area (Å²) in [4.78, 5) is 24.0. The number of nitrogens with one attached hydrogen (secondary N) is 1. The molecule has 24 heavy (non-hydrogen) atoms. The maximum Gasteiger partial charge on any atom is 0.344 e. The Morgan fingerprint density at radius 2 is 1.83 bits per heavy atom. The number of anilines is 1. The van der Waals surface area contributed by atoms with Gasteiger partial charge in [0, 0.05) is 11.3 Å². The summed E-state index contributed by atoms with van der Waals surface area (Å²) in [5.74, 6) is -0.780. The lowest BCUT2D eigenvalue weighted by atomic mass is 10.1. The van der Waals surface area contributed by atoms with Crippen LogP contribution in [0.25, 0.3) is 0 Å². The van der Waals surface area contributed by atoms with E-state index in [1.165, 1.54) is 24.3 Å². The van der Waals surface area contributed by atoms with Gasteiger partial charge in [0.2, 0.25) is 10.0 Å². The molecule has 0 aliphatic rings. The van der Waals surface area contributed by atoms with Crippen LogP contribution in [0.5, 0.6) is 0 Å². The fraction of sp³-hybridized carbons (Fsp3) is 0.267. The normalized spacial score (nSPS) is 11.1. The van der Waals surface area contributed by atoms with Crippen LogP contribution in [0.2, 0.25) is 0 Å². The second-order valence-electron chi connectivity index (χ2n) is 5.15. The summed E-state index contributed by atoms with van der Waals surface area (Å²) in [7, 11) is -3.38. The summed E-state index contributed by atoms with van der Waals surface area (Å²) < 4.78 is 34.4. The van der Waals surface area contributed by atoms with Gasteiger partial charge in [-0.15, -0.1) is 0 Å². The van der Waals surface area contributed by atoms with Crippen molar-refractivity contribution in [3.8, 4) is 0 Å². The number of sulfonamides is 1. The van der Waals surface area contributed by atoms with E-state index in [9.17, 15) is 18.0 Å². The molecule has 2 aromatic rings. The molecule has 9 heteroatoms. The number of nitrogens with zero attached hydrogens (tertiary/aromatic N) is 1. The number of benzene rings is 1. The molecule has 8 nitrogen and oxygen atoms in total. The molecule has 0 atom stereocenters. The third-order valence-electron chi connectivity index (χ3n) is 3.08. The van der Waals surface area contributed by atoms with Crippen molar-refractivity contribution in [2.75, 3.05) is 17.6 Å². The Kier molecular flexibility index (Phi) is 5.03. The van der Waals surface area contributed by atoms with Crippen molar-refractivity contribution >= 4 is 27.5 Å². The van der Waals surface area contributed by atoms with Gasteiger partial charge >= 0.3 is 5.97 Å². The predicted molar refractivity (Wildman–Crippen MR) is 85.5 cm³/mol. The predicted octanol–water partition coefficient (Wildman–Crippen LogP) is 1.70. The Hall–Kier alpha value is -2.68. The number of hydrogen-bond acceptors (Lipinski definition) is 7. The topological polar surface area (TPSA) is 116 Å². The second-order valence-corrected chi connectivity index (χ2v) is 6.90. The molecule has 1 aromatic heterocycles. The molecular formula is C15H16N2O6S. The largest absolute Gasteiger partial charge is 0.454 e. The fourth-order valence-corrected chi connectivity index (χ4v) is 2.56. The Labute approximate surface area is 138 Å². The van der Waals surface area contributed by atoms with Crippen molar-refractivity contribution in [2.24, 2.45) is 0 Å². The lowest BCUT2D eigenvalue weighted by molar-refractivity contribution is 0.0472. The van der Waals surface area contributed by atoms with Crippen LogP contribution in [0.4, 0.5) is 5.69 Å². The van der Waals surface area contributed by atoms with E-state index < -0.39 is 28.4 Å². The number of rotatable bonds is 6. The number of carbonyl (C=O) groups is 2. The van der Waals surface area contributed by atoms with Crippen LogP contribution in [0, 0.1) is 13.8 Å². The number of aromatic nitrogens is 1. The SMILES string of the molecule is Cc1noc(C)c1C(=O)OCC(=O)c1ccc(NS(C)(=O)=O)cc1. The summed E-state index contributed by atoms with van der Waals surface area (Å²) in [5.41, 5.74) is 1.22. The molecule has 0 saturated carbocycles. The first-order chi connectivity index (χ1) is 11.2. The van der Waals surface area contributed by atoms with Gasteiger partial charge in [-0.1, -0.05) is 5.16 Å². The fourth-order valence-electron chi connectivity index (χ4n) is 2.00. The van der Waals surface area contributed by atoms with Crippen molar-refractivity contribution in [3.63, 3.8) is 0 Å². The van der Waals surface area contributed by atoms with Crippen LogP contribution in [-0.2, 0) is 14.8 Å². The van der Waals surface area contributed by atoms with Gasteiger partial charge in [0.05, 0.1) is 11.9 Å². The molecule has 1 N–H and O–H groups in total. The monoisotopic (exact) mass is 352 g/mol. The van der Waals surface area contributed by atoms with E-state index in [2.05, 4.69) is 9.88 Å². The Bertz CT molecular complexity index is 848. The summed E-state index contributed by atoms with van der Waals surface area (Å²) in [6, 6.07) is 5.79. The quantitative estimate of drug-likeness (QED) is 0.621. The summed E-state index contributed by atoms with van der Waals surface area (Å²) in [6.07, 6.45) is 1.03. The van der Waals surface area contributed by atoms with E-state index in [1.807, 2.05) is 0 Å². The zero-order chi connectivity index (χ0) is 17.9. The minimum Gasteiger partial charge on any atom is -0.454 e. The molecule has 0 unspecified atom stereocenters. The van der Waals surface area contributed by atoms with E-state index in [-0.39, 0.29) is 5.56 Å². The van der Waals surface area contributed by atoms with Crippen molar-refractivity contribution in [1.29, 1.82) is 0 Å². The molecule has 0 aliphatic heterocycles. The average Bonchev–Trinajstić information content (AvgIpc) is 2.83. The Morgan fingerprint density at radius 1 is 1.21 bits per heavy atom. The van der Waals surface area contributed by atoms with Crippen LogP contribution in [0.3, 0.4) is 0 Å². The maximum atomic E-state index is 12.0. The van der Waals surface area contributed by atoms with E-state index >= 15 is 0 Å². The number of hydrogen-bond donors (Lipinski definition) is 1. The standard InChI is InChI=1S/C15H16N2O6S/c1-9-14(10(2)23-16-9)15(19)22-8-13(18)11-4-6-12(7-5-11)17-24(3,20)21/h4-7,17H,8H2,1-3H3. The van der Waals surface area contributed by atoms with Gasteiger partial charge in [-0.05, 0) is 38.1 Å². The number of ketones is 1. The highest BCUT2D eigenvalue weighted by molar-refractivity contribution is 7.92. The van der Waals surface area contributed by atoms with Crippen LogP contribution >= 0.6 is 0 Å². The number of esters is 1. The molecular weight excluding hydrogens is 336 g/mol. The Morgan fingerprint density at radius 3 is 2.33 bits per heavy atom. The number of aryl methyl sites for hydroxylation is 2. The number of ether oxygens (including phenoxy) is 1. The van der Waals surface area contributed by atoms with Crippen molar-refractivity contribution in [1.82, 2.24) is 5.16 Å². The molecule has 0 radical (unpaired) electrons. The van der Waals surface area contributed by atoms with Gasteiger partial charge in [-0.2, -0.15) is 0 Å². The third-order valence-corrected chi connectivity index (χ3v) is 3.69. The lowest BCUT2D eigenvalue weighted by Crippen LogP contribution is -2.15. The van der Waals surface area contributed by atoms with Crippen molar-refractivity contribution < 1.29 is 27.3 Å². The molecule has 0 spiro atoms. The van der Waals surface area contributed by atoms with Gasteiger partial charge < -0.3 is 9.26 Å². The van der Waals surface area contributed by atoms with Crippen molar-refractivity contribution in [2.45, 2.75) is 13.8 Å². The smallest absolute Gasteiger partial charge is 0.344 e. The summed E-state index contributed by atoms with van der Waals surface area (Å²) >= 11 is 0. The van der Waals surface area contributed by atoms with Gasteiger partial charge in [-0.25, -0.2) is 13.2 Å². The van der Waals surface area contributed by atoms with Gasteiger partial charge in [0.1, 0.15) is 11.3 Å². The first kappa shape index (κ1) is 17.7. The van der Waals surface area contributed by atoms with E-state index in [1.54, 1.807) is 13.8 Å². The number of carbonyl (C=O) groups excluding carboxylic acids is 2. The van der Waals surface area contributed by atoms with Crippen LogP contribution < -0.4 is 4.72 Å². The van der Waals surface area contributed by atoms with E-state index in [0.29, 0.717) is 22.7 Å². The maximum absolute atomic E-state index is 12.0. The summed E-state index contributed by atoms with van der Waals surface area (Å²) in [6.45, 7) is 2.73. The van der Waals surface area contributed by atoms with Crippen LogP contribution in [-0.4, -0.2) is 38.2 Å². The van der Waals surface area contributed by atoms with E-state index in [0.717, 1.165) is 6.26 Å². The molecule has 0 amide bonds. The highest BCUT2D eigenvalue weighted by atomic mass is 32.2. The van der Waals surface area contributed by atoms with Gasteiger partial charge in [0.25, 0.3) is 0 Å². The third kappa shape index (κ3) is 4.42. The highest BCUT2D eigenvalue weighted by Gasteiger charge is 2.20. The second kappa shape index (κ2) is 6.83. The number of Topliss-reactive ketones (excluding diaryl/α,β-unsaturated/α-hetero) is 1. The average molecular weight is 352 g/mol. The Balaban J connectivity index is 1.99. The summed E-state index contributed by atoms with van der Waals surface area (Å²) in [5, 5.41) is 3.64. The van der Waals surface area contributed by atoms with Crippen LogP contribution in [0.1, 0.15) is 32.2 Å². The van der Waals surface area contributed by atoms with Gasteiger partial charge in [-0.3, -0.25) is 9.52 Å². The molecule has 0 bridgehead atoms. The molecule has 1 heterocycles. The minimum atomic E-state index is -3.38.